The molecule has 2 aromatic rings. The summed E-state index contributed by atoms with van der Waals surface area (Å²) in [6.45, 7) is 5.86. The number of benzene rings is 2. The first kappa shape index (κ1) is 14.5. The Morgan fingerprint density at radius 2 is 1.52 bits per heavy atom. The number of hydrogen-bond acceptors (Lipinski definition) is 2. The smallest absolute Gasteiger partial charge is 0.283 e. The van der Waals surface area contributed by atoms with E-state index in [-0.39, 0.29) is 5.60 Å². The minimum atomic E-state index is -1.25. The Labute approximate surface area is 128 Å². The van der Waals surface area contributed by atoms with Crippen LogP contribution in [0.3, 0.4) is 0 Å². The summed E-state index contributed by atoms with van der Waals surface area (Å²) in [5.41, 5.74) is -0.194. The fourth-order valence-electron chi connectivity index (χ4n) is 2.58. The van der Waals surface area contributed by atoms with E-state index in [1.807, 2.05) is 0 Å². The third kappa shape index (κ3) is 3.10. The van der Waals surface area contributed by atoms with Gasteiger partial charge in [-0.2, -0.15) is 0 Å². The van der Waals surface area contributed by atoms with Crippen LogP contribution in [0.1, 0.15) is 13.8 Å². The van der Waals surface area contributed by atoms with Crippen LogP contribution in [0.4, 0.5) is 0 Å². The van der Waals surface area contributed by atoms with Crippen LogP contribution in [0, 0.1) is 5.92 Å². The van der Waals surface area contributed by atoms with Crippen molar-refractivity contribution in [2.45, 2.75) is 19.4 Å². The molecule has 1 saturated heterocycles. The molecule has 3 rings (SSSR count). The Morgan fingerprint density at radius 3 is 1.95 bits per heavy atom. The molecule has 109 valence electrons. The minimum Gasteiger partial charge on any atom is -0.399 e. The van der Waals surface area contributed by atoms with Crippen LogP contribution in [0.25, 0.3) is 0 Å². The molecule has 1 fully saturated rings. The second-order valence-electron chi connectivity index (χ2n) is 5.89. The molecular weight excluding hydrogens is 276 g/mol. The molecule has 0 spiro atoms. The average molecular weight is 297 g/mol. The quantitative estimate of drug-likeness (QED) is 0.806. The van der Waals surface area contributed by atoms with Crippen molar-refractivity contribution in [2.24, 2.45) is 5.92 Å². The first-order chi connectivity index (χ1) is 10.2. The number of hydrogen-bond donors (Lipinski definition) is 0. The predicted octanol–water partition coefficient (Wildman–Crippen LogP) is 2.23. The molecule has 1 heterocycles. The fraction of sp³-hybridized carbons (Fsp3) is 0.333. The molecule has 0 unspecified atom stereocenters. The lowest BCUT2D eigenvalue weighted by molar-refractivity contribution is 0.0505. The van der Waals surface area contributed by atoms with E-state index < -0.39 is 9.04 Å². The summed E-state index contributed by atoms with van der Waals surface area (Å²) in [6, 6.07) is 21.1. The molecule has 0 aromatic heterocycles. The molecule has 2 nitrogen and oxygen atoms in total. The van der Waals surface area contributed by atoms with Gasteiger partial charge in [-0.05, 0) is 17.3 Å². The van der Waals surface area contributed by atoms with Crippen molar-refractivity contribution in [1.29, 1.82) is 0 Å². The highest BCUT2D eigenvalue weighted by atomic mass is 28.3. The van der Waals surface area contributed by atoms with E-state index in [9.17, 15) is 0 Å². The largest absolute Gasteiger partial charge is 0.399 e. The van der Waals surface area contributed by atoms with E-state index in [1.165, 1.54) is 10.4 Å². The maximum Gasteiger partial charge on any atom is 0.283 e. The lowest BCUT2D eigenvalue weighted by Crippen LogP contribution is -2.52. The van der Waals surface area contributed by atoms with Gasteiger partial charge >= 0.3 is 0 Å². The van der Waals surface area contributed by atoms with Gasteiger partial charge in [0.25, 0.3) is 9.04 Å². The summed E-state index contributed by atoms with van der Waals surface area (Å²) in [5, 5.41) is 2.57. The van der Waals surface area contributed by atoms with E-state index in [4.69, 9.17) is 9.16 Å². The lowest BCUT2D eigenvalue weighted by Gasteiger charge is -2.32. The fourth-order valence-corrected chi connectivity index (χ4v) is 4.87. The summed E-state index contributed by atoms with van der Waals surface area (Å²) in [4.78, 5) is 0. The first-order valence-electron chi connectivity index (χ1n) is 7.43. The molecule has 0 amide bonds. The first-order valence-corrected chi connectivity index (χ1v) is 8.84. The zero-order valence-electron chi connectivity index (χ0n) is 12.6. The predicted molar refractivity (Wildman–Crippen MR) is 87.4 cm³/mol. The van der Waals surface area contributed by atoms with Crippen LogP contribution < -0.4 is 10.4 Å². The topological polar surface area (TPSA) is 18.5 Å². The minimum absolute atomic E-state index is 0.194. The van der Waals surface area contributed by atoms with Gasteiger partial charge in [0.05, 0.1) is 18.8 Å². The highest BCUT2D eigenvalue weighted by molar-refractivity contribution is 6.80. The molecular formula is C18H21O2Si. The van der Waals surface area contributed by atoms with Crippen molar-refractivity contribution in [1.82, 2.24) is 0 Å². The molecule has 2 aromatic carbocycles. The summed E-state index contributed by atoms with van der Waals surface area (Å²) in [6.07, 6.45) is 0. The van der Waals surface area contributed by atoms with Crippen molar-refractivity contribution in [3.8, 4) is 0 Å². The van der Waals surface area contributed by atoms with Gasteiger partial charge in [0, 0.05) is 5.92 Å². The highest BCUT2D eigenvalue weighted by Crippen LogP contribution is 2.29. The molecule has 1 radical (unpaired) electrons. The van der Waals surface area contributed by atoms with Gasteiger partial charge in [0.15, 0.2) is 0 Å². The average Bonchev–Trinajstić information content (AvgIpc) is 2.86. The van der Waals surface area contributed by atoms with Crippen LogP contribution in [0.15, 0.2) is 60.7 Å². The van der Waals surface area contributed by atoms with Gasteiger partial charge in [-0.25, -0.2) is 0 Å². The molecule has 0 aliphatic carbocycles. The van der Waals surface area contributed by atoms with E-state index in [2.05, 4.69) is 74.5 Å². The van der Waals surface area contributed by atoms with Crippen LogP contribution in [-0.2, 0) is 9.16 Å². The Bertz CT molecular complexity index is 533. The van der Waals surface area contributed by atoms with Crippen molar-refractivity contribution >= 4 is 19.4 Å². The van der Waals surface area contributed by atoms with Crippen LogP contribution in [-0.4, -0.2) is 27.9 Å². The van der Waals surface area contributed by atoms with Crippen molar-refractivity contribution < 1.29 is 9.16 Å². The van der Waals surface area contributed by atoms with Crippen molar-refractivity contribution in [2.75, 3.05) is 13.2 Å². The van der Waals surface area contributed by atoms with Gasteiger partial charge in [-0.3, -0.25) is 0 Å². The zero-order chi connectivity index (χ0) is 14.7. The zero-order valence-corrected chi connectivity index (χ0v) is 13.6. The molecule has 0 bridgehead atoms. The Morgan fingerprint density at radius 1 is 1.00 bits per heavy atom. The van der Waals surface area contributed by atoms with Crippen molar-refractivity contribution in [3.63, 3.8) is 0 Å². The Balaban J connectivity index is 1.94. The van der Waals surface area contributed by atoms with E-state index in [1.54, 1.807) is 0 Å². The third-order valence-corrected chi connectivity index (χ3v) is 6.59. The molecule has 1 aliphatic rings. The lowest BCUT2D eigenvalue weighted by atomic mass is 9.95. The normalized spacial score (nSPS) is 25.4. The van der Waals surface area contributed by atoms with Gasteiger partial charge < -0.3 is 9.16 Å². The second-order valence-corrected chi connectivity index (χ2v) is 7.91. The van der Waals surface area contributed by atoms with Crippen molar-refractivity contribution in [3.05, 3.63) is 60.7 Å². The highest BCUT2D eigenvalue weighted by Gasteiger charge is 2.41. The van der Waals surface area contributed by atoms with Gasteiger partial charge in [0.1, 0.15) is 0 Å². The molecule has 1 aliphatic heterocycles. The maximum atomic E-state index is 6.66. The van der Waals surface area contributed by atoms with Crippen LogP contribution in [0.5, 0.6) is 0 Å². The standard InChI is InChI=1S/C18H21O2Si/c1-15-13-19-14-18(15,2)20-21(16-9-5-3-6-10-16)17-11-7-4-8-12-17/h3-12,15H,13-14H2,1-2H3/t15-,18-/m0/s1. The third-order valence-electron chi connectivity index (χ3n) is 4.21. The Hall–Kier alpha value is -1.42. The Kier molecular flexibility index (Phi) is 4.24. The number of ether oxygens (including phenoxy) is 1. The maximum absolute atomic E-state index is 6.66. The second kappa shape index (κ2) is 6.14. The van der Waals surface area contributed by atoms with Crippen LogP contribution >= 0.6 is 0 Å². The summed E-state index contributed by atoms with van der Waals surface area (Å²) < 4.78 is 12.3. The monoisotopic (exact) mass is 297 g/mol. The van der Waals surface area contributed by atoms with E-state index in [0.717, 1.165) is 6.61 Å². The van der Waals surface area contributed by atoms with Crippen LogP contribution in [0.2, 0.25) is 0 Å². The van der Waals surface area contributed by atoms with E-state index in [0.29, 0.717) is 12.5 Å². The summed E-state index contributed by atoms with van der Waals surface area (Å²) >= 11 is 0. The van der Waals surface area contributed by atoms with Gasteiger partial charge in [-0.15, -0.1) is 0 Å². The summed E-state index contributed by atoms with van der Waals surface area (Å²) in [7, 11) is -1.25. The van der Waals surface area contributed by atoms with Gasteiger partial charge in [-0.1, -0.05) is 67.6 Å². The molecule has 2 atom stereocenters. The molecule has 0 saturated carbocycles. The SMILES string of the molecule is C[C@H]1COC[C@]1(C)O[Si](c1ccccc1)c1ccccc1. The number of rotatable bonds is 4. The van der Waals surface area contributed by atoms with E-state index >= 15 is 0 Å². The molecule has 3 heteroatoms. The van der Waals surface area contributed by atoms with Gasteiger partial charge in [0.2, 0.25) is 0 Å². The molecule has 0 N–H and O–H groups in total. The summed E-state index contributed by atoms with van der Waals surface area (Å²) in [5.74, 6) is 0.421. The molecule has 21 heavy (non-hydrogen) atoms.